The number of halogens is 3. The molecule has 0 unspecified atom stereocenters. The molecule has 2 aromatic rings. The highest BCUT2D eigenvalue weighted by Crippen LogP contribution is 2.43. The maximum Gasteiger partial charge on any atom is 0.471 e. The predicted octanol–water partition coefficient (Wildman–Crippen LogP) is 4.38. The van der Waals surface area contributed by atoms with Crippen LogP contribution in [0.5, 0.6) is 11.5 Å². The number of esters is 1. The van der Waals surface area contributed by atoms with Crippen molar-refractivity contribution in [2.75, 3.05) is 14.2 Å². The Morgan fingerprint density at radius 1 is 1.00 bits per heavy atom. The Morgan fingerprint density at radius 2 is 1.69 bits per heavy atom. The van der Waals surface area contributed by atoms with Crippen molar-refractivity contribution in [3.05, 3.63) is 59.7 Å². The summed E-state index contributed by atoms with van der Waals surface area (Å²) in [6, 6.07) is 12.7. The van der Waals surface area contributed by atoms with Gasteiger partial charge in [0.15, 0.2) is 11.5 Å². The number of carbonyl (C=O) groups excluding carboxylic acids is 2. The van der Waals surface area contributed by atoms with Crippen molar-refractivity contribution in [2.45, 2.75) is 43.5 Å². The van der Waals surface area contributed by atoms with Gasteiger partial charge in [0.2, 0.25) is 0 Å². The number of alkyl halides is 3. The fraction of sp³-hybridized carbons (Fsp3) is 0.391. The Kier molecular flexibility index (Phi) is 6.96. The SMILES string of the molecule is COc1ccc([C@@]2(NC(=O)C(F)(F)F)CCCC[C@@H]2OC(=O)c2ccccc2)cc1OC. The number of rotatable bonds is 6. The van der Waals surface area contributed by atoms with E-state index in [1.54, 1.807) is 42.5 Å². The van der Waals surface area contributed by atoms with Crippen molar-refractivity contribution in [3.8, 4) is 11.5 Å². The molecule has 0 heterocycles. The Bertz CT molecular complexity index is 964. The summed E-state index contributed by atoms with van der Waals surface area (Å²) in [6.07, 6.45) is -4.53. The highest BCUT2D eigenvalue weighted by atomic mass is 19.4. The van der Waals surface area contributed by atoms with Crippen LogP contribution in [0.2, 0.25) is 0 Å². The number of hydrogen-bond donors (Lipinski definition) is 1. The second kappa shape index (κ2) is 9.50. The van der Waals surface area contributed by atoms with Crippen LogP contribution in [0.1, 0.15) is 41.6 Å². The summed E-state index contributed by atoms with van der Waals surface area (Å²) in [4.78, 5) is 24.8. The molecule has 32 heavy (non-hydrogen) atoms. The standard InChI is InChI=1S/C23H24F3NO5/c1-30-17-12-11-16(14-18(17)31-2)22(27-21(29)23(24,25)26)13-7-6-10-19(22)32-20(28)15-8-4-3-5-9-15/h3-5,8-9,11-12,14,19H,6-7,10,13H2,1-2H3,(H,27,29)/t19-,22-/m0/s1. The molecular formula is C23H24F3NO5. The second-order valence-electron chi connectivity index (χ2n) is 7.50. The number of ether oxygens (including phenoxy) is 3. The lowest BCUT2D eigenvalue weighted by atomic mass is 9.74. The lowest BCUT2D eigenvalue weighted by Crippen LogP contribution is -2.59. The normalized spacial score (nSPS) is 20.8. The van der Waals surface area contributed by atoms with Crippen LogP contribution in [0.3, 0.4) is 0 Å². The molecule has 0 aromatic heterocycles. The number of amides is 1. The lowest BCUT2D eigenvalue weighted by molar-refractivity contribution is -0.178. The van der Waals surface area contributed by atoms with Crippen LogP contribution in [0.4, 0.5) is 13.2 Å². The molecule has 2 aromatic carbocycles. The van der Waals surface area contributed by atoms with Crippen LogP contribution in [0.15, 0.2) is 48.5 Å². The summed E-state index contributed by atoms with van der Waals surface area (Å²) >= 11 is 0. The van der Waals surface area contributed by atoms with Crippen molar-refractivity contribution in [3.63, 3.8) is 0 Å². The molecule has 0 aliphatic heterocycles. The van der Waals surface area contributed by atoms with Crippen LogP contribution in [0.25, 0.3) is 0 Å². The first kappa shape index (κ1) is 23.4. The molecule has 1 amide bonds. The molecule has 0 spiro atoms. The molecule has 1 aliphatic rings. The average Bonchev–Trinajstić information content (AvgIpc) is 2.79. The maximum absolute atomic E-state index is 13.2. The Labute approximate surface area is 183 Å². The number of benzene rings is 2. The van der Waals surface area contributed by atoms with Crippen molar-refractivity contribution in [2.24, 2.45) is 0 Å². The third kappa shape index (κ3) is 4.81. The number of carbonyl (C=O) groups is 2. The molecule has 1 N–H and O–H groups in total. The van der Waals surface area contributed by atoms with Gasteiger partial charge in [-0.3, -0.25) is 4.79 Å². The molecule has 6 nitrogen and oxygen atoms in total. The predicted molar refractivity (Wildman–Crippen MR) is 110 cm³/mol. The van der Waals surface area contributed by atoms with Gasteiger partial charge in [-0.25, -0.2) is 4.79 Å². The van der Waals surface area contributed by atoms with Crippen LogP contribution in [-0.2, 0) is 15.1 Å². The van der Waals surface area contributed by atoms with E-state index in [9.17, 15) is 22.8 Å². The monoisotopic (exact) mass is 451 g/mol. The van der Waals surface area contributed by atoms with Gasteiger partial charge in [-0.1, -0.05) is 30.7 Å². The molecule has 0 bridgehead atoms. The molecule has 0 radical (unpaired) electrons. The summed E-state index contributed by atoms with van der Waals surface area (Å²) < 4.78 is 56.0. The average molecular weight is 451 g/mol. The van der Waals surface area contributed by atoms with E-state index >= 15 is 0 Å². The minimum absolute atomic E-state index is 0.150. The van der Waals surface area contributed by atoms with E-state index in [2.05, 4.69) is 5.32 Å². The minimum atomic E-state index is -5.10. The van der Waals surface area contributed by atoms with Gasteiger partial charge < -0.3 is 19.5 Å². The van der Waals surface area contributed by atoms with Gasteiger partial charge in [0.05, 0.1) is 19.8 Å². The molecule has 172 valence electrons. The largest absolute Gasteiger partial charge is 0.493 e. The van der Waals surface area contributed by atoms with Crippen LogP contribution in [0, 0.1) is 0 Å². The molecule has 0 saturated heterocycles. The fourth-order valence-electron chi connectivity index (χ4n) is 4.00. The van der Waals surface area contributed by atoms with Crippen LogP contribution in [-0.4, -0.2) is 38.4 Å². The Hall–Kier alpha value is -3.23. The zero-order valence-corrected chi connectivity index (χ0v) is 17.7. The highest BCUT2D eigenvalue weighted by Gasteiger charge is 2.51. The quantitative estimate of drug-likeness (QED) is 0.660. The number of hydrogen-bond acceptors (Lipinski definition) is 5. The van der Waals surface area contributed by atoms with E-state index in [1.807, 2.05) is 0 Å². The molecule has 3 rings (SSSR count). The Balaban J connectivity index is 2.06. The van der Waals surface area contributed by atoms with Gasteiger partial charge in [-0.05, 0) is 49.1 Å². The minimum Gasteiger partial charge on any atom is -0.493 e. The number of methoxy groups -OCH3 is 2. The van der Waals surface area contributed by atoms with Gasteiger partial charge in [-0.15, -0.1) is 0 Å². The van der Waals surface area contributed by atoms with Crippen molar-refractivity contribution in [1.29, 1.82) is 0 Å². The van der Waals surface area contributed by atoms with Gasteiger partial charge in [0.25, 0.3) is 0 Å². The molecule has 2 atom stereocenters. The summed E-state index contributed by atoms with van der Waals surface area (Å²) in [7, 11) is 2.83. The van der Waals surface area contributed by atoms with E-state index in [-0.39, 0.29) is 24.2 Å². The van der Waals surface area contributed by atoms with Crippen molar-refractivity contribution >= 4 is 11.9 Å². The zero-order chi connectivity index (χ0) is 23.4. The first-order chi connectivity index (χ1) is 15.2. The van der Waals surface area contributed by atoms with Gasteiger partial charge in [-0.2, -0.15) is 13.2 Å². The second-order valence-corrected chi connectivity index (χ2v) is 7.50. The summed E-state index contributed by atoms with van der Waals surface area (Å²) in [5.74, 6) is -2.12. The molecule has 1 aliphatic carbocycles. The highest BCUT2D eigenvalue weighted by molar-refractivity contribution is 5.89. The summed E-state index contributed by atoms with van der Waals surface area (Å²) in [5.41, 5.74) is -0.991. The van der Waals surface area contributed by atoms with E-state index in [4.69, 9.17) is 14.2 Å². The first-order valence-corrected chi connectivity index (χ1v) is 10.1. The van der Waals surface area contributed by atoms with Crippen molar-refractivity contribution in [1.82, 2.24) is 5.32 Å². The fourth-order valence-corrected chi connectivity index (χ4v) is 4.00. The van der Waals surface area contributed by atoms with Crippen LogP contribution < -0.4 is 14.8 Å². The first-order valence-electron chi connectivity index (χ1n) is 10.1. The zero-order valence-electron chi connectivity index (χ0n) is 17.7. The molecule has 1 saturated carbocycles. The van der Waals surface area contributed by atoms with E-state index in [0.717, 1.165) is 0 Å². The molecular weight excluding hydrogens is 427 g/mol. The van der Waals surface area contributed by atoms with Gasteiger partial charge in [0, 0.05) is 0 Å². The number of nitrogens with one attached hydrogen (secondary N) is 1. The summed E-state index contributed by atoms with van der Waals surface area (Å²) in [6.45, 7) is 0. The van der Waals surface area contributed by atoms with E-state index in [1.165, 1.54) is 20.3 Å². The third-order valence-electron chi connectivity index (χ3n) is 5.59. The summed E-state index contributed by atoms with van der Waals surface area (Å²) in [5, 5.41) is 2.15. The van der Waals surface area contributed by atoms with Gasteiger partial charge in [0.1, 0.15) is 11.6 Å². The molecule has 9 heteroatoms. The topological polar surface area (TPSA) is 73.9 Å². The Morgan fingerprint density at radius 3 is 2.31 bits per heavy atom. The maximum atomic E-state index is 13.2. The smallest absolute Gasteiger partial charge is 0.471 e. The van der Waals surface area contributed by atoms with Gasteiger partial charge >= 0.3 is 18.1 Å². The van der Waals surface area contributed by atoms with Crippen LogP contribution >= 0.6 is 0 Å². The van der Waals surface area contributed by atoms with E-state index < -0.39 is 29.7 Å². The van der Waals surface area contributed by atoms with Crippen molar-refractivity contribution < 1.29 is 37.0 Å². The van der Waals surface area contributed by atoms with E-state index in [0.29, 0.717) is 24.2 Å². The lowest BCUT2D eigenvalue weighted by Gasteiger charge is -2.44. The third-order valence-corrected chi connectivity index (χ3v) is 5.59. The molecule has 1 fully saturated rings.